The Labute approximate surface area is 127 Å². The van der Waals surface area contributed by atoms with Crippen LogP contribution in [0.5, 0.6) is 0 Å². The number of aromatic nitrogens is 1. The first-order chi connectivity index (χ1) is 8.86. The molecule has 0 amide bonds. The maximum Gasteiger partial charge on any atom is 0.103 e. The Morgan fingerprint density at radius 1 is 1.37 bits per heavy atom. The molecule has 0 fully saturated rings. The van der Waals surface area contributed by atoms with Crippen LogP contribution in [0.2, 0.25) is 5.02 Å². The molecule has 102 valence electrons. The van der Waals surface area contributed by atoms with E-state index in [0.717, 1.165) is 27.0 Å². The Hall–Kier alpha value is -0.710. The molecule has 0 radical (unpaired) electrons. The average molecular weight is 313 g/mol. The third-order valence-electron chi connectivity index (χ3n) is 2.65. The molecule has 2 N–H and O–H groups in total. The van der Waals surface area contributed by atoms with Gasteiger partial charge in [-0.15, -0.1) is 23.1 Å². The van der Waals surface area contributed by atoms with Crippen LogP contribution < -0.4 is 5.73 Å². The third kappa shape index (κ3) is 3.88. The van der Waals surface area contributed by atoms with E-state index in [0.29, 0.717) is 5.02 Å². The lowest BCUT2D eigenvalue weighted by Crippen LogP contribution is -2.11. The van der Waals surface area contributed by atoms with Crippen LogP contribution in [0.3, 0.4) is 0 Å². The molecule has 0 aliphatic heterocycles. The van der Waals surface area contributed by atoms with Crippen molar-refractivity contribution in [1.29, 1.82) is 0 Å². The Kier molecular flexibility index (Phi) is 4.43. The SMILES string of the molecule is CC(C)(C)c1csc(CSc2cc(Cl)ccc2N)n1. The lowest BCUT2D eigenvalue weighted by atomic mass is 9.93. The zero-order valence-corrected chi connectivity index (χ0v) is 13.6. The zero-order valence-electron chi connectivity index (χ0n) is 11.2. The first-order valence-corrected chi connectivity index (χ1v) is 8.23. The molecule has 2 nitrogen and oxygen atoms in total. The van der Waals surface area contributed by atoms with Gasteiger partial charge in [-0.3, -0.25) is 0 Å². The Balaban J connectivity index is 2.06. The number of rotatable bonds is 3. The molecule has 1 heterocycles. The van der Waals surface area contributed by atoms with Crippen LogP contribution >= 0.6 is 34.7 Å². The van der Waals surface area contributed by atoms with Crippen molar-refractivity contribution in [3.8, 4) is 0 Å². The predicted molar refractivity (Wildman–Crippen MR) is 86.2 cm³/mol. The van der Waals surface area contributed by atoms with Crippen LogP contribution in [-0.2, 0) is 11.2 Å². The van der Waals surface area contributed by atoms with Gasteiger partial charge in [0, 0.05) is 26.4 Å². The first kappa shape index (κ1) is 14.7. The van der Waals surface area contributed by atoms with E-state index >= 15 is 0 Å². The number of benzene rings is 1. The van der Waals surface area contributed by atoms with E-state index in [9.17, 15) is 0 Å². The van der Waals surface area contributed by atoms with Crippen LogP contribution in [0.25, 0.3) is 0 Å². The van der Waals surface area contributed by atoms with Crippen molar-refractivity contribution in [2.75, 3.05) is 5.73 Å². The standard InChI is InChI=1S/C14H17ClN2S2/c1-14(2,3)12-7-19-13(17-12)8-18-11-6-9(15)4-5-10(11)16/h4-7H,8,16H2,1-3H3. The summed E-state index contributed by atoms with van der Waals surface area (Å²) in [7, 11) is 0. The zero-order chi connectivity index (χ0) is 14.0. The fourth-order valence-electron chi connectivity index (χ4n) is 1.49. The van der Waals surface area contributed by atoms with E-state index in [2.05, 4.69) is 31.1 Å². The average Bonchev–Trinajstić information content (AvgIpc) is 2.79. The topological polar surface area (TPSA) is 38.9 Å². The van der Waals surface area contributed by atoms with E-state index in [1.165, 1.54) is 0 Å². The van der Waals surface area contributed by atoms with Gasteiger partial charge in [-0.1, -0.05) is 32.4 Å². The summed E-state index contributed by atoms with van der Waals surface area (Å²) in [5, 5.41) is 3.97. The van der Waals surface area contributed by atoms with Gasteiger partial charge in [-0.05, 0) is 18.2 Å². The second-order valence-electron chi connectivity index (χ2n) is 5.35. The molecule has 0 bridgehead atoms. The van der Waals surface area contributed by atoms with Crippen molar-refractivity contribution in [3.05, 3.63) is 39.3 Å². The summed E-state index contributed by atoms with van der Waals surface area (Å²) < 4.78 is 0. The van der Waals surface area contributed by atoms with Gasteiger partial charge in [-0.25, -0.2) is 4.98 Å². The minimum Gasteiger partial charge on any atom is -0.398 e. The minimum atomic E-state index is 0.106. The van der Waals surface area contributed by atoms with Crippen molar-refractivity contribution in [1.82, 2.24) is 4.98 Å². The van der Waals surface area contributed by atoms with Gasteiger partial charge in [-0.2, -0.15) is 0 Å². The van der Waals surface area contributed by atoms with Gasteiger partial charge >= 0.3 is 0 Å². The second-order valence-corrected chi connectivity index (χ2v) is 7.74. The van der Waals surface area contributed by atoms with Crippen molar-refractivity contribution in [2.45, 2.75) is 36.8 Å². The van der Waals surface area contributed by atoms with Crippen LogP contribution in [0.15, 0.2) is 28.5 Å². The molecular weight excluding hydrogens is 296 g/mol. The van der Waals surface area contributed by atoms with E-state index < -0.39 is 0 Å². The van der Waals surface area contributed by atoms with Gasteiger partial charge in [0.15, 0.2) is 0 Å². The van der Waals surface area contributed by atoms with Crippen molar-refractivity contribution in [3.63, 3.8) is 0 Å². The number of nitrogens with two attached hydrogens (primary N) is 1. The largest absolute Gasteiger partial charge is 0.398 e. The van der Waals surface area contributed by atoms with E-state index in [1.54, 1.807) is 23.1 Å². The van der Waals surface area contributed by atoms with Crippen LogP contribution in [-0.4, -0.2) is 4.98 Å². The molecule has 5 heteroatoms. The smallest absolute Gasteiger partial charge is 0.103 e. The summed E-state index contributed by atoms with van der Waals surface area (Å²) in [6, 6.07) is 5.55. The number of hydrogen-bond acceptors (Lipinski definition) is 4. The lowest BCUT2D eigenvalue weighted by Gasteiger charge is -2.14. The van der Waals surface area contributed by atoms with E-state index in [-0.39, 0.29) is 5.41 Å². The normalized spacial score (nSPS) is 11.8. The summed E-state index contributed by atoms with van der Waals surface area (Å²) in [5.74, 6) is 0.825. The molecule has 0 aliphatic carbocycles. The van der Waals surface area contributed by atoms with Crippen molar-refractivity contribution in [2.24, 2.45) is 0 Å². The molecule has 2 aromatic rings. The maximum absolute atomic E-state index is 5.98. The number of hydrogen-bond donors (Lipinski definition) is 1. The Bertz CT molecular complexity index is 573. The molecule has 1 aromatic carbocycles. The molecule has 1 aromatic heterocycles. The summed E-state index contributed by atoms with van der Waals surface area (Å²) in [6.45, 7) is 6.52. The number of anilines is 1. The van der Waals surface area contributed by atoms with Gasteiger partial charge in [0.2, 0.25) is 0 Å². The second kappa shape index (κ2) is 5.73. The molecule has 19 heavy (non-hydrogen) atoms. The minimum absolute atomic E-state index is 0.106. The highest BCUT2D eigenvalue weighted by Crippen LogP contribution is 2.32. The summed E-state index contributed by atoms with van der Waals surface area (Å²) in [6.07, 6.45) is 0. The highest BCUT2D eigenvalue weighted by Gasteiger charge is 2.17. The quantitative estimate of drug-likeness (QED) is 0.642. The number of nitrogens with zero attached hydrogens (tertiary/aromatic N) is 1. The number of nitrogen functional groups attached to an aromatic ring is 1. The predicted octanol–water partition coefficient (Wildman–Crippen LogP) is 4.97. The molecule has 0 unspecified atom stereocenters. The highest BCUT2D eigenvalue weighted by atomic mass is 35.5. The van der Waals surface area contributed by atoms with Crippen LogP contribution in [0.4, 0.5) is 5.69 Å². The van der Waals surface area contributed by atoms with Crippen LogP contribution in [0.1, 0.15) is 31.5 Å². The summed E-state index contributed by atoms with van der Waals surface area (Å²) >= 11 is 9.36. The third-order valence-corrected chi connectivity index (χ3v) is 5.00. The molecule has 2 rings (SSSR count). The van der Waals surface area contributed by atoms with E-state index in [4.69, 9.17) is 17.3 Å². The Morgan fingerprint density at radius 3 is 2.74 bits per heavy atom. The summed E-state index contributed by atoms with van der Waals surface area (Å²) in [5.41, 5.74) is 7.95. The number of thiazole rings is 1. The molecular formula is C14H17ClN2S2. The van der Waals surface area contributed by atoms with Crippen molar-refractivity contribution >= 4 is 40.4 Å². The monoisotopic (exact) mass is 312 g/mol. The molecule has 0 spiro atoms. The van der Waals surface area contributed by atoms with Gasteiger partial charge in [0.05, 0.1) is 11.4 Å². The van der Waals surface area contributed by atoms with E-state index in [1.807, 2.05) is 18.2 Å². The first-order valence-electron chi connectivity index (χ1n) is 5.99. The lowest BCUT2D eigenvalue weighted by molar-refractivity contribution is 0.572. The fourth-order valence-corrected chi connectivity index (χ4v) is 3.77. The number of thioether (sulfide) groups is 1. The Morgan fingerprint density at radius 2 is 2.11 bits per heavy atom. The van der Waals surface area contributed by atoms with Crippen LogP contribution in [0, 0.1) is 0 Å². The molecule has 0 saturated carbocycles. The molecule has 0 atom stereocenters. The fraction of sp³-hybridized carbons (Fsp3) is 0.357. The van der Waals surface area contributed by atoms with Gasteiger partial charge in [0.25, 0.3) is 0 Å². The number of halogens is 1. The van der Waals surface area contributed by atoms with Gasteiger partial charge in [0.1, 0.15) is 5.01 Å². The summed E-state index contributed by atoms with van der Waals surface area (Å²) in [4.78, 5) is 5.69. The van der Waals surface area contributed by atoms with Gasteiger partial charge < -0.3 is 5.73 Å². The maximum atomic E-state index is 5.98. The van der Waals surface area contributed by atoms with Crippen molar-refractivity contribution < 1.29 is 0 Å². The highest BCUT2D eigenvalue weighted by molar-refractivity contribution is 7.98. The molecule has 0 aliphatic rings. The molecule has 0 saturated heterocycles.